The number of pyridine rings is 1. The zero-order valence-electron chi connectivity index (χ0n) is 11.4. The van der Waals surface area contributed by atoms with Crippen LogP contribution in [0.5, 0.6) is 0 Å². The van der Waals surface area contributed by atoms with E-state index in [1.54, 1.807) is 23.7 Å². The van der Waals surface area contributed by atoms with E-state index in [0.29, 0.717) is 18.1 Å². The molecule has 106 valence electrons. The summed E-state index contributed by atoms with van der Waals surface area (Å²) in [5.41, 5.74) is 9.50. The number of fused-ring (bicyclic) bond motifs is 1. The Morgan fingerprint density at radius 2 is 2.10 bits per heavy atom. The molecule has 0 aromatic carbocycles. The van der Waals surface area contributed by atoms with Gasteiger partial charge >= 0.3 is 0 Å². The smallest absolute Gasteiger partial charge is 0.261 e. The van der Waals surface area contributed by atoms with E-state index < -0.39 is 0 Å². The van der Waals surface area contributed by atoms with Gasteiger partial charge < -0.3 is 10.3 Å². The predicted octanol–water partition coefficient (Wildman–Crippen LogP) is 2.85. The number of aromatic nitrogens is 3. The molecule has 0 spiro atoms. The Morgan fingerprint density at radius 1 is 1.24 bits per heavy atom. The molecule has 0 saturated carbocycles. The van der Waals surface area contributed by atoms with Gasteiger partial charge in [0.15, 0.2) is 5.82 Å². The number of hydrogen-bond acceptors (Lipinski definition) is 6. The Labute approximate surface area is 125 Å². The molecule has 0 unspecified atom stereocenters. The molecular weight excluding hydrogens is 284 g/mol. The summed E-state index contributed by atoms with van der Waals surface area (Å²) in [7, 11) is 0. The maximum atomic E-state index is 6.13. The van der Waals surface area contributed by atoms with Crippen LogP contribution in [0.1, 0.15) is 28.2 Å². The summed E-state index contributed by atoms with van der Waals surface area (Å²) in [6.45, 7) is 0. The monoisotopic (exact) mass is 298 g/mol. The molecule has 0 atom stereocenters. The Morgan fingerprint density at radius 3 is 2.95 bits per heavy atom. The maximum absolute atomic E-state index is 6.13. The van der Waals surface area contributed by atoms with E-state index in [1.807, 2.05) is 12.1 Å². The van der Waals surface area contributed by atoms with Crippen LogP contribution in [0, 0.1) is 0 Å². The highest BCUT2D eigenvalue weighted by molar-refractivity contribution is 7.16. The molecule has 5 nitrogen and oxygen atoms in total. The van der Waals surface area contributed by atoms with Crippen LogP contribution in [-0.4, -0.2) is 15.1 Å². The molecule has 3 aromatic rings. The van der Waals surface area contributed by atoms with Crippen molar-refractivity contribution >= 4 is 16.3 Å². The first kappa shape index (κ1) is 12.5. The maximum Gasteiger partial charge on any atom is 0.261 e. The first-order valence-electron chi connectivity index (χ1n) is 6.93. The van der Waals surface area contributed by atoms with E-state index >= 15 is 0 Å². The molecule has 3 aromatic heterocycles. The number of nitrogens with two attached hydrogens (primary N) is 1. The van der Waals surface area contributed by atoms with Crippen molar-refractivity contribution in [2.24, 2.45) is 0 Å². The lowest BCUT2D eigenvalue weighted by Crippen LogP contribution is -1.92. The van der Waals surface area contributed by atoms with Crippen LogP contribution in [0.3, 0.4) is 0 Å². The fraction of sp³-hybridized carbons (Fsp3) is 0.267. The van der Waals surface area contributed by atoms with Crippen molar-refractivity contribution in [1.82, 2.24) is 15.1 Å². The number of hydrogen-bond donors (Lipinski definition) is 1. The molecule has 21 heavy (non-hydrogen) atoms. The zero-order valence-corrected chi connectivity index (χ0v) is 12.2. The molecular formula is C15H14N4OS. The summed E-state index contributed by atoms with van der Waals surface area (Å²) in [6.07, 6.45) is 7.52. The molecule has 0 radical (unpaired) electrons. The number of nitrogens with zero attached hydrogens (tertiary/aromatic N) is 3. The van der Waals surface area contributed by atoms with Gasteiger partial charge in [-0.2, -0.15) is 4.98 Å². The minimum absolute atomic E-state index is 0.552. The van der Waals surface area contributed by atoms with Gasteiger partial charge in [-0.3, -0.25) is 4.98 Å². The third-order valence-electron chi connectivity index (χ3n) is 3.74. The molecule has 0 fully saturated rings. The van der Waals surface area contributed by atoms with Crippen LogP contribution in [-0.2, 0) is 19.3 Å². The standard InChI is InChI=1S/C15H14N4OS/c16-14-13(10-2-1-3-11(10)21-14)15-18-12(19-20-15)8-9-4-6-17-7-5-9/h4-7H,1-3,8,16H2. The molecule has 3 heterocycles. The van der Waals surface area contributed by atoms with Crippen molar-refractivity contribution in [1.29, 1.82) is 0 Å². The first-order chi connectivity index (χ1) is 10.3. The molecule has 0 bridgehead atoms. The van der Waals surface area contributed by atoms with E-state index in [-0.39, 0.29) is 0 Å². The Bertz CT molecular complexity index is 778. The second-order valence-corrected chi connectivity index (χ2v) is 6.28. The van der Waals surface area contributed by atoms with Crippen molar-refractivity contribution in [2.75, 3.05) is 5.73 Å². The summed E-state index contributed by atoms with van der Waals surface area (Å²) in [5, 5.41) is 4.87. The number of thiophene rings is 1. The van der Waals surface area contributed by atoms with Gasteiger partial charge in [-0.05, 0) is 42.5 Å². The van der Waals surface area contributed by atoms with Gasteiger partial charge in [-0.1, -0.05) is 5.16 Å². The van der Waals surface area contributed by atoms with E-state index in [9.17, 15) is 0 Å². The van der Waals surface area contributed by atoms with Crippen LogP contribution in [0.25, 0.3) is 11.5 Å². The third kappa shape index (κ3) is 2.21. The van der Waals surface area contributed by atoms with E-state index in [2.05, 4.69) is 15.1 Å². The third-order valence-corrected chi connectivity index (χ3v) is 4.86. The van der Waals surface area contributed by atoms with Gasteiger partial charge in [0.1, 0.15) is 0 Å². The van der Waals surface area contributed by atoms with Crippen LogP contribution in [0.4, 0.5) is 5.00 Å². The molecule has 1 aliphatic rings. The van der Waals surface area contributed by atoms with Crippen molar-refractivity contribution in [3.8, 4) is 11.5 Å². The second-order valence-electron chi connectivity index (χ2n) is 5.14. The SMILES string of the molecule is Nc1sc2c(c1-c1nc(Cc3ccncc3)no1)CCC2. The van der Waals surface area contributed by atoms with E-state index in [1.165, 1.54) is 16.9 Å². The second kappa shape index (κ2) is 4.96. The first-order valence-corrected chi connectivity index (χ1v) is 7.75. The zero-order chi connectivity index (χ0) is 14.2. The Balaban J connectivity index is 1.66. The highest BCUT2D eigenvalue weighted by Gasteiger charge is 2.25. The molecule has 0 amide bonds. The number of anilines is 1. The quantitative estimate of drug-likeness (QED) is 0.804. The van der Waals surface area contributed by atoms with Crippen LogP contribution in [0.2, 0.25) is 0 Å². The molecule has 0 saturated heterocycles. The summed E-state index contributed by atoms with van der Waals surface area (Å²) >= 11 is 1.65. The van der Waals surface area contributed by atoms with Gasteiger partial charge in [0.2, 0.25) is 0 Å². The van der Waals surface area contributed by atoms with Gasteiger partial charge in [0.05, 0.1) is 10.6 Å². The topological polar surface area (TPSA) is 77.8 Å². The van der Waals surface area contributed by atoms with E-state index in [0.717, 1.165) is 29.0 Å². The highest BCUT2D eigenvalue weighted by Crippen LogP contribution is 2.42. The molecule has 4 rings (SSSR count). The van der Waals surface area contributed by atoms with Crippen molar-refractivity contribution in [2.45, 2.75) is 25.7 Å². The van der Waals surface area contributed by atoms with Gasteiger partial charge in [-0.15, -0.1) is 11.3 Å². The summed E-state index contributed by atoms with van der Waals surface area (Å²) in [6, 6.07) is 3.90. The molecule has 0 aliphatic heterocycles. The van der Waals surface area contributed by atoms with Crippen LogP contribution in [0.15, 0.2) is 29.0 Å². The summed E-state index contributed by atoms with van der Waals surface area (Å²) in [5.74, 6) is 1.23. The predicted molar refractivity (Wildman–Crippen MR) is 81.1 cm³/mol. The minimum atomic E-state index is 0.552. The van der Waals surface area contributed by atoms with Crippen molar-refractivity contribution < 1.29 is 4.52 Å². The van der Waals surface area contributed by atoms with Gasteiger partial charge in [0, 0.05) is 23.7 Å². The molecule has 1 aliphatic carbocycles. The van der Waals surface area contributed by atoms with E-state index in [4.69, 9.17) is 10.3 Å². The summed E-state index contributed by atoms with van der Waals surface area (Å²) < 4.78 is 5.44. The highest BCUT2D eigenvalue weighted by atomic mass is 32.1. The average Bonchev–Trinajstić information content (AvgIpc) is 3.16. The number of aryl methyl sites for hydroxylation is 1. The van der Waals surface area contributed by atoms with Crippen molar-refractivity contribution in [3.63, 3.8) is 0 Å². The fourth-order valence-corrected chi connectivity index (χ4v) is 3.92. The Hall–Kier alpha value is -2.21. The molecule has 6 heteroatoms. The Kier molecular flexibility index (Phi) is 2.96. The molecule has 2 N–H and O–H groups in total. The van der Waals surface area contributed by atoms with Crippen molar-refractivity contribution in [3.05, 3.63) is 46.4 Å². The van der Waals surface area contributed by atoms with Crippen LogP contribution >= 0.6 is 11.3 Å². The largest absolute Gasteiger partial charge is 0.390 e. The lowest BCUT2D eigenvalue weighted by atomic mass is 10.1. The summed E-state index contributed by atoms with van der Waals surface area (Å²) in [4.78, 5) is 9.89. The minimum Gasteiger partial charge on any atom is -0.390 e. The number of nitrogen functional groups attached to an aromatic ring is 1. The van der Waals surface area contributed by atoms with Gasteiger partial charge in [0.25, 0.3) is 5.89 Å². The number of rotatable bonds is 3. The lowest BCUT2D eigenvalue weighted by Gasteiger charge is -1.96. The van der Waals surface area contributed by atoms with Crippen LogP contribution < -0.4 is 5.73 Å². The normalized spacial score (nSPS) is 13.5. The van der Waals surface area contributed by atoms with Gasteiger partial charge in [-0.25, -0.2) is 0 Å². The average molecular weight is 298 g/mol. The lowest BCUT2D eigenvalue weighted by molar-refractivity contribution is 0.424. The fourth-order valence-electron chi connectivity index (χ4n) is 2.77.